The van der Waals surface area contributed by atoms with Crippen LogP contribution in [0.15, 0.2) is 304 Å². The summed E-state index contributed by atoms with van der Waals surface area (Å²) in [4.78, 5) is 12.6. The van der Waals surface area contributed by atoms with Gasteiger partial charge in [0.25, 0.3) is 0 Å². The zero-order chi connectivity index (χ0) is 54.1. The Bertz CT molecular complexity index is 4600. The Morgan fingerprint density at radius 1 is 0.296 bits per heavy atom. The molecule has 4 heterocycles. The molecule has 0 unspecified atom stereocenters. The highest BCUT2D eigenvalue weighted by Crippen LogP contribution is 2.39. The van der Waals surface area contributed by atoms with Crippen molar-refractivity contribution in [2.45, 2.75) is 0 Å². The minimum absolute atomic E-state index is 0.634. The highest BCUT2D eigenvalue weighted by atomic mass is 79.9. The van der Waals surface area contributed by atoms with Crippen molar-refractivity contribution in [1.82, 2.24) is 19.5 Å². The minimum atomic E-state index is 0.634. The Hall–Kier alpha value is -10.3. The van der Waals surface area contributed by atoms with Crippen LogP contribution in [0.1, 0.15) is 0 Å². The molecule has 0 aliphatic rings. The van der Waals surface area contributed by atoms with E-state index in [1.807, 2.05) is 72.8 Å². The smallest absolute Gasteiger partial charge is 0.227 e. The molecular formula is C74H49BrN4O2. The third kappa shape index (κ3) is 9.88. The minimum Gasteiger partial charge on any atom is -0.436 e. The van der Waals surface area contributed by atoms with Gasteiger partial charge in [0.1, 0.15) is 11.0 Å². The molecule has 81 heavy (non-hydrogen) atoms. The largest absolute Gasteiger partial charge is 0.436 e. The summed E-state index contributed by atoms with van der Waals surface area (Å²) in [6.07, 6.45) is 0. The summed E-state index contributed by atoms with van der Waals surface area (Å²) >= 11 is 3.40. The van der Waals surface area contributed by atoms with Crippen LogP contribution in [-0.4, -0.2) is 19.5 Å². The zero-order valence-corrected chi connectivity index (χ0v) is 45.3. The molecule has 16 aromatic rings. The predicted octanol–water partition coefficient (Wildman–Crippen LogP) is 20.8. The second-order valence-corrected chi connectivity index (χ2v) is 20.9. The molecule has 0 atom stereocenters. The van der Waals surface area contributed by atoms with Crippen LogP contribution in [0.4, 0.5) is 0 Å². The van der Waals surface area contributed by atoms with E-state index in [1.54, 1.807) is 0 Å². The van der Waals surface area contributed by atoms with E-state index in [2.05, 4.69) is 254 Å². The second-order valence-electron chi connectivity index (χ2n) is 19.9. The number of fused-ring (bicyclic) bond motifs is 8. The highest BCUT2D eigenvalue weighted by Gasteiger charge is 2.17. The standard InChI is InChI=1S/C37H24N2O.C24H17N.C13H8BrNO/c1-3-9-25(10-4-1)28-17-21-34-31(23-28)32-24-29(26-11-5-2-6-12-26)18-22-35(32)39(34)30-19-15-27(16-20-30)37-38-33-13-7-8-14-36(33)40-37;1-3-7-17(8-4-1)19-11-13-23-21(15-19)22-16-20(12-14-24(22)25-23)18-9-5-2-6-10-18;14-10-7-5-9(6-8-10)13-15-11-3-1-2-4-12(11)16-13/h1-24H;1-16,25H;1-8H. The summed E-state index contributed by atoms with van der Waals surface area (Å²) in [6.45, 7) is 0. The zero-order valence-electron chi connectivity index (χ0n) is 43.7. The van der Waals surface area contributed by atoms with Crippen molar-refractivity contribution in [3.8, 4) is 73.1 Å². The number of nitrogens with one attached hydrogen (secondary N) is 1. The maximum atomic E-state index is 6.02. The van der Waals surface area contributed by atoms with Crippen molar-refractivity contribution in [3.63, 3.8) is 0 Å². The van der Waals surface area contributed by atoms with Crippen LogP contribution in [0.5, 0.6) is 0 Å². The van der Waals surface area contributed by atoms with E-state index in [0.29, 0.717) is 11.8 Å². The molecule has 7 heteroatoms. The summed E-state index contributed by atoms with van der Waals surface area (Å²) in [7, 11) is 0. The van der Waals surface area contributed by atoms with E-state index in [0.717, 1.165) is 43.5 Å². The van der Waals surface area contributed by atoms with Crippen LogP contribution in [-0.2, 0) is 0 Å². The molecule has 0 radical (unpaired) electrons. The molecule has 0 spiro atoms. The Morgan fingerprint density at radius 3 is 1.02 bits per heavy atom. The molecule has 1 N–H and O–H groups in total. The van der Waals surface area contributed by atoms with E-state index in [9.17, 15) is 0 Å². The van der Waals surface area contributed by atoms with Gasteiger partial charge in [-0.05, 0) is 166 Å². The average Bonchev–Trinajstić information content (AvgIpc) is 4.37. The predicted molar refractivity (Wildman–Crippen MR) is 338 cm³/mol. The fourth-order valence-corrected chi connectivity index (χ4v) is 11.0. The Kier molecular flexibility index (Phi) is 13.0. The lowest BCUT2D eigenvalue weighted by atomic mass is 10.0. The van der Waals surface area contributed by atoms with Crippen LogP contribution < -0.4 is 0 Å². The Balaban J connectivity index is 0.000000122. The van der Waals surface area contributed by atoms with E-state index < -0.39 is 0 Å². The van der Waals surface area contributed by atoms with Gasteiger partial charge in [0.05, 0.1) is 11.0 Å². The quantitative estimate of drug-likeness (QED) is 0.173. The van der Waals surface area contributed by atoms with Gasteiger partial charge in [0.2, 0.25) is 11.8 Å². The molecule has 0 amide bonds. The van der Waals surface area contributed by atoms with Crippen molar-refractivity contribution in [3.05, 3.63) is 296 Å². The number of aromatic nitrogens is 4. The first-order chi connectivity index (χ1) is 40.0. The summed E-state index contributed by atoms with van der Waals surface area (Å²) in [6, 6.07) is 101. The lowest BCUT2D eigenvalue weighted by molar-refractivity contribution is 0.619. The van der Waals surface area contributed by atoms with Crippen LogP contribution in [0.3, 0.4) is 0 Å². The number of benzene rings is 12. The maximum Gasteiger partial charge on any atom is 0.227 e. The molecule has 0 bridgehead atoms. The molecule has 0 fully saturated rings. The molecule has 0 aliphatic carbocycles. The number of aromatic amines is 1. The van der Waals surface area contributed by atoms with Gasteiger partial charge < -0.3 is 18.4 Å². The fourth-order valence-electron chi connectivity index (χ4n) is 10.8. The number of H-pyrrole nitrogens is 1. The van der Waals surface area contributed by atoms with E-state index >= 15 is 0 Å². The normalized spacial score (nSPS) is 11.3. The van der Waals surface area contributed by atoms with Gasteiger partial charge in [-0.1, -0.05) is 186 Å². The first kappa shape index (κ1) is 49.0. The lowest BCUT2D eigenvalue weighted by Gasteiger charge is -2.09. The van der Waals surface area contributed by atoms with Gasteiger partial charge in [-0.3, -0.25) is 0 Å². The van der Waals surface area contributed by atoms with E-state index in [4.69, 9.17) is 8.83 Å². The first-order valence-corrected chi connectivity index (χ1v) is 27.8. The van der Waals surface area contributed by atoms with Gasteiger partial charge in [0, 0.05) is 53.9 Å². The number of oxazole rings is 2. The number of hydrogen-bond acceptors (Lipinski definition) is 4. The molecule has 0 saturated carbocycles. The topological polar surface area (TPSA) is 72.8 Å². The number of nitrogens with zero attached hydrogens (tertiary/aromatic N) is 3. The Morgan fingerprint density at radius 2 is 0.630 bits per heavy atom. The SMILES string of the molecule is Brc1ccc(-c2nc3ccccc3o2)cc1.c1ccc(-c2ccc3[nH]c4ccc(-c5ccccc5)cc4c3c2)cc1.c1ccc(-c2ccc3c(c2)c2cc(-c4ccccc4)ccc2n3-c2ccc(-c3nc4ccccc4o3)cc2)cc1. The molecule has 6 nitrogen and oxygen atoms in total. The highest BCUT2D eigenvalue weighted by molar-refractivity contribution is 9.10. The van der Waals surface area contributed by atoms with Crippen LogP contribution in [0.25, 0.3) is 139 Å². The number of rotatable bonds is 7. The van der Waals surface area contributed by atoms with Crippen molar-refractivity contribution in [2.75, 3.05) is 0 Å². The number of para-hydroxylation sites is 4. The summed E-state index contributed by atoms with van der Waals surface area (Å²) in [5.41, 5.74) is 21.0. The summed E-state index contributed by atoms with van der Waals surface area (Å²) in [5, 5.41) is 5.01. The summed E-state index contributed by atoms with van der Waals surface area (Å²) in [5.74, 6) is 1.30. The lowest BCUT2D eigenvalue weighted by Crippen LogP contribution is -1.94. The first-order valence-electron chi connectivity index (χ1n) is 27.0. The van der Waals surface area contributed by atoms with Crippen LogP contribution >= 0.6 is 15.9 Å². The molecule has 12 aromatic carbocycles. The van der Waals surface area contributed by atoms with Crippen molar-refractivity contribution < 1.29 is 8.83 Å². The van der Waals surface area contributed by atoms with Gasteiger partial charge in [-0.25, -0.2) is 9.97 Å². The summed E-state index contributed by atoms with van der Waals surface area (Å²) < 4.78 is 15.1. The van der Waals surface area contributed by atoms with Gasteiger partial charge >= 0.3 is 0 Å². The molecule has 384 valence electrons. The average molecular weight is 1110 g/mol. The maximum absolute atomic E-state index is 6.02. The van der Waals surface area contributed by atoms with Crippen molar-refractivity contribution in [2.24, 2.45) is 0 Å². The molecule has 0 aliphatic heterocycles. The third-order valence-electron chi connectivity index (χ3n) is 14.8. The van der Waals surface area contributed by atoms with Gasteiger partial charge in [0.15, 0.2) is 11.2 Å². The number of hydrogen-bond donors (Lipinski definition) is 1. The molecule has 4 aromatic heterocycles. The molecule has 0 saturated heterocycles. The molecular weight excluding hydrogens is 1060 g/mol. The van der Waals surface area contributed by atoms with E-state index in [-0.39, 0.29) is 0 Å². The van der Waals surface area contributed by atoms with E-state index in [1.165, 1.54) is 88.1 Å². The van der Waals surface area contributed by atoms with Crippen molar-refractivity contribution >= 4 is 81.7 Å². The Labute approximate surface area is 476 Å². The monoisotopic (exact) mass is 1100 g/mol. The van der Waals surface area contributed by atoms with Gasteiger partial charge in [-0.15, -0.1) is 0 Å². The number of halogens is 1. The van der Waals surface area contributed by atoms with Crippen molar-refractivity contribution in [1.29, 1.82) is 0 Å². The van der Waals surface area contributed by atoms with Crippen LogP contribution in [0.2, 0.25) is 0 Å². The van der Waals surface area contributed by atoms with Crippen LogP contribution in [0, 0.1) is 0 Å². The van der Waals surface area contributed by atoms with Gasteiger partial charge in [-0.2, -0.15) is 0 Å². The molecule has 16 rings (SSSR count). The second kappa shape index (κ2) is 21.5. The fraction of sp³-hybridized carbons (Fsp3) is 0. The third-order valence-corrected chi connectivity index (χ3v) is 15.4.